The molecule has 0 saturated heterocycles. The van der Waals surface area contributed by atoms with Gasteiger partial charge < -0.3 is 10.4 Å². The molecule has 1 aliphatic rings. The van der Waals surface area contributed by atoms with E-state index < -0.39 is 10.9 Å². The van der Waals surface area contributed by atoms with Gasteiger partial charge in [-0.1, -0.05) is 6.07 Å². The van der Waals surface area contributed by atoms with E-state index in [4.69, 9.17) is 5.11 Å². The SMILES string of the molecule is Cc1ccc(NC(=O)C2CCC(C(=O)O)CC2)cc1[N+](=O)[O-]. The van der Waals surface area contributed by atoms with Gasteiger partial charge in [0.2, 0.25) is 5.91 Å². The number of amides is 1. The van der Waals surface area contributed by atoms with Gasteiger partial charge in [-0.05, 0) is 38.7 Å². The van der Waals surface area contributed by atoms with Gasteiger partial charge in [-0.3, -0.25) is 19.7 Å². The van der Waals surface area contributed by atoms with Crippen LogP contribution in [0.1, 0.15) is 31.2 Å². The van der Waals surface area contributed by atoms with Crippen LogP contribution < -0.4 is 5.32 Å². The largest absolute Gasteiger partial charge is 0.481 e. The number of hydrogen-bond acceptors (Lipinski definition) is 4. The van der Waals surface area contributed by atoms with Crippen molar-refractivity contribution in [1.29, 1.82) is 0 Å². The van der Waals surface area contributed by atoms with E-state index in [-0.39, 0.29) is 23.4 Å². The second kappa shape index (κ2) is 6.55. The standard InChI is InChI=1S/C15H18N2O5/c1-9-2-7-12(8-13(9)17(21)22)16-14(18)10-3-5-11(6-4-10)15(19)20/h2,7-8,10-11H,3-6H2,1H3,(H,16,18)(H,19,20). The van der Waals surface area contributed by atoms with E-state index in [1.54, 1.807) is 19.1 Å². The Balaban J connectivity index is 2.00. The van der Waals surface area contributed by atoms with E-state index in [0.29, 0.717) is 36.9 Å². The van der Waals surface area contributed by atoms with Crippen LogP contribution >= 0.6 is 0 Å². The van der Waals surface area contributed by atoms with Gasteiger partial charge >= 0.3 is 5.97 Å². The molecule has 0 spiro atoms. The molecule has 1 aromatic rings. The zero-order valence-corrected chi connectivity index (χ0v) is 12.2. The third-order valence-electron chi connectivity index (χ3n) is 4.12. The first-order valence-corrected chi connectivity index (χ1v) is 7.17. The molecule has 0 radical (unpaired) electrons. The van der Waals surface area contributed by atoms with Crippen molar-refractivity contribution in [2.24, 2.45) is 11.8 Å². The predicted molar refractivity (Wildman–Crippen MR) is 79.5 cm³/mol. The van der Waals surface area contributed by atoms with Crippen LogP contribution in [0, 0.1) is 28.9 Å². The number of carbonyl (C=O) groups excluding carboxylic acids is 1. The Morgan fingerprint density at radius 3 is 2.36 bits per heavy atom. The molecule has 0 heterocycles. The quantitative estimate of drug-likeness (QED) is 0.656. The molecule has 0 aliphatic heterocycles. The Labute approximate surface area is 127 Å². The number of nitrogens with one attached hydrogen (secondary N) is 1. The minimum absolute atomic E-state index is 0.0348. The molecular formula is C15H18N2O5. The van der Waals surface area contributed by atoms with Crippen molar-refractivity contribution in [2.45, 2.75) is 32.6 Å². The molecule has 0 unspecified atom stereocenters. The second-order valence-corrected chi connectivity index (χ2v) is 5.63. The first-order valence-electron chi connectivity index (χ1n) is 7.17. The van der Waals surface area contributed by atoms with E-state index in [0.717, 1.165) is 0 Å². The minimum atomic E-state index is -0.812. The van der Waals surface area contributed by atoms with Crippen LogP contribution in [-0.4, -0.2) is 21.9 Å². The summed E-state index contributed by atoms with van der Waals surface area (Å²) in [7, 11) is 0. The monoisotopic (exact) mass is 306 g/mol. The average Bonchev–Trinajstić information content (AvgIpc) is 2.49. The number of aryl methyl sites for hydroxylation is 1. The Morgan fingerprint density at radius 2 is 1.82 bits per heavy atom. The molecule has 7 heteroatoms. The lowest BCUT2D eigenvalue weighted by Gasteiger charge is -2.25. The van der Waals surface area contributed by atoms with Crippen LogP contribution in [0.3, 0.4) is 0 Å². The van der Waals surface area contributed by atoms with Gasteiger partial charge in [0.05, 0.1) is 10.8 Å². The maximum atomic E-state index is 12.2. The van der Waals surface area contributed by atoms with E-state index in [2.05, 4.69) is 5.32 Å². The first-order chi connectivity index (χ1) is 10.4. The van der Waals surface area contributed by atoms with Crippen molar-refractivity contribution in [3.63, 3.8) is 0 Å². The lowest BCUT2D eigenvalue weighted by atomic mass is 9.81. The molecular weight excluding hydrogens is 288 g/mol. The highest BCUT2D eigenvalue weighted by atomic mass is 16.6. The highest BCUT2D eigenvalue weighted by Crippen LogP contribution is 2.30. The van der Waals surface area contributed by atoms with Gasteiger partial charge in [0.1, 0.15) is 0 Å². The molecule has 2 N–H and O–H groups in total. The molecule has 1 amide bonds. The van der Waals surface area contributed by atoms with Crippen LogP contribution in [0.5, 0.6) is 0 Å². The number of carboxylic acid groups (broad SMARTS) is 1. The van der Waals surface area contributed by atoms with E-state index in [9.17, 15) is 19.7 Å². The predicted octanol–water partition coefficient (Wildman–Crippen LogP) is 2.73. The molecule has 118 valence electrons. The zero-order valence-electron chi connectivity index (χ0n) is 12.2. The number of carbonyl (C=O) groups is 2. The van der Waals surface area contributed by atoms with Crippen LogP contribution in [0.2, 0.25) is 0 Å². The van der Waals surface area contributed by atoms with Gasteiger partial charge in [0.15, 0.2) is 0 Å². The van der Waals surface area contributed by atoms with Crippen molar-refractivity contribution in [3.8, 4) is 0 Å². The summed E-state index contributed by atoms with van der Waals surface area (Å²) in [4.78, 5) is 33.5. The third-order valence-corrected chi connectivity index (χ3v) is 4.12. The topological polar surface area (TPSA) is 110 Å². The van der Waals surface area contributed by atoms with Crippen LogP contribution in [0.25, 0.3) is 0 Å². The van der Waals surface area contributed by atoms with Crippen molar-refractivity contribution in [2.75, 3.05) is 5.32 Å². The lowest BCUT2D eigenvalue weighted by molar-refractivity contribution is -0.385. The van der Waals surface area contributed by atoms with Crippen molar-refractivity contribution >= 4 is 23.3 Å². The molecule has 7 nitrogen and oxygen atoms in total. The molecule has 0 atom stereocenters. The summed E-state index contributed by atoms with van der Waals surface area (Å²) in [5.41, 5.74) is 0.889. The number of benzene rings is 1. The Morgan fingerprint density at radius 1 is 1.23 bits per heavy atom. The summed E-state index contributed by atoms with van der Waals surface area (Å²) >= 11 is 0. The van der Waals surface area contributed by atoms with E-state index >= 15 is 0 Å². The molecule has 1 aromatic carbocycles. The highest BCUT2D eigenvalue weighted by molar-refractivity contribution is 5.93. The summed E-state index contributed by atoms with van der Waals surface area (Å²) in [5, 5.41) is 22.5. The fourth-order valence-corrected chi connectivity index (χ4v) is 2.73. The second-order valence-electron chi connectivity index (χ2n) is 5.63. The third kappa shape index (κ3) is 3.60. The average molecular weight is 306 g/mol. The number of hydrogen-bond donors (Lipinski definition) is 2. The molecule has 0 bridgehead atoms. The fourth-order valence-electron chi connectivity index (χ4n) is 2.73. The molecule has 1 fully saturated rings. The van der Waals surface area contributed by atoms with Crippen LogP contribution in [0.4, 0.5) is 11.4 Å². The van der Waals surface area contributed by atoms with Crippen molar-refractivity contribution in [3.05, 3.63) is 33.9 Å². The number of nitro benzene ring substituents is 1. The van der Waals surface area contributed by atoms with Crippen LogP contribution in [-0.2, 0) is 9.59 Å². The molecule has 1 saturated carbocycles. The maximum Gasteiger partial charge on any atom is 0.306 e. The van der Waals surface area contributed by atoms with Gasteiger partial charge in [-0.25, -0.2) is 0 Å². The van der Waals surface area contributed by atoms with Crippen molar-refractivity contribution < 1.29 is 19.6 Å². The summed E-state index contributed by atoms with van der Waals surface area (Å²) in [6.07, 6.45) is 2.02. The smallest absolute Gasteiger partial charge is 0.306 e. The lowest BCUT2D eigenvalue weighted by Crippen LogP contribution is -2.29. The fraction of sp³-hybridized carbons (Fsp3) is 0.467. The highest BCUT2D eigenvalue weighted by Gasteiger charge is 2.29. The van der Waals surface area contributed by atoms with Gasteiger partial charge in [-0.15, -0.1) is 0 Å². The summed E-state index contributed by atoms with van der Waals surface area (Å²) < 4.78 is 0. The van der Waals surface area contributed by atoms with E-state index in [1.165, 1.54) is 6.07 Å². The Kier molecular flexibility index (Phi) is 4.75. The first kappa shape index (κ1) is 15.9. The molecule has 22 heavy (non-hydrogen) atoms. The van der Waals surface area contributed by atoms with Gasteiger partial charge in [-0.2, -0.15) is 0 Å². The number of carboxylic acids is 1. The molecule has 2 rings (SSSR count). The molecule has 1 aliphatic carbocycles. The number of anilines is 1. The summed E-state index contributed by atoms with van der Waals surface area (Å²) in [5.74, 6) is -1.63. The molecule has 0 aromatic heterocycles. The van der Waals surface area contributed by atoms with Gasteiger partial charge in [0.25, 0.3) is 5.69 Å². The minimum Gasteiger partial charge on any atom is -0.481 e. The van der Waals surface area contributed by atoms with E-state index in [1.807, 2.05) is 0 Å². The number of rotatable bonds is 4. The zero-order chi connectivity index (χ0) is 16.3. The number of nitro groups is 1. The summed E-state index contributed by atoms with van der Waals surface area (Å²) in [6.45, 7) is 1.64. The van der Waals surface area contributed by atoms with Gasteiger partial charge in [0, 0.05) is 23.2 Å². The number of nitrogens with zero attached hydrogens (tertiary/aromatic N) is 1. The number of aliphatic carboxylic acids is 1. The normalized spacial score (nSPS) is 21.1. The van der Waals surface area contributed by atoms with Crippen molar-refractivity contribution in [1.82, 2.24) is 0 Å². The Bertz CT molecular complexity index is 606. The maximum absolute atomic E-state index is 12.2. The Hall–Kier alpha value is -2.44. The summed E-state index contributed by atoms with van der Waals surface area (Å²) in [6, 6.07) is 4.56. The van der Waals surface area contributed by atoms with Crippen LogP contribution in [0.15, 0.2) is 18.2 Å².